The second-order valence-corrected chi connectivity index (χ2v) is 7.90. The molecule has 128 valence electrons. The van der Waals surface area contributed by atoms with Crippen LogP contribution in [0, 0.1) is 5.92 Å². The van der Waals surface area contributed by atoms with Crippen LogP contribution in [0.25, 0.3) is 0 Å². The summed E-state index contributed by atoms with van der Waals surface area (Å²) < 4.78 is 11.1. The van der Waals surface area contributed by atoms with E-state index in [1.165, 1.54) is 25.7 Å². The third-order valence-corrected chi connectivity index (χ3v) is 4.61. The van der Waals surface area contributed by atoms with E-state index >= 15 is 0 Å². The highest BCUT2D eigenvalue weighted by molar-refractivity contribution is 5.68. The predicted octanol–water partition coefficient (Wildman–Crippen LogP) is 2.79. The molecular weight excluding hydrogens is 280 g/mol. The molecule has 1 heterocycles. The number of hydrogen-bond acceptors (Lipinski definition) is 4. The van der Waals surface area contributed by atoms with E-state index in [9.17, 15) is 4.79 Å². The van der Waals surface area contributed by atoms with Crippen LogP contribution in [-0.4, -0.2) is 55.0 Å². The molecule has 0 spiro atoms. The number of carbonyl (C=O) groups excluding carboxylic acids is 1. The fraction of sp³-hybridized carbons (Fsp3) is 0.941. The molecule has 0 aromatic heterocycles. The topological polar surface area (TPSA) is 50.8 Å². The SMILES string of the molecule is CO[C@H]1CN(C(=O)OC(C)(C)C)CC1NC1CCCC(C)C1. The van der Waals surface area contributed by atoms with Crippen molar-refractivity contribution < 1.29 is 14.3 Å². The van der Waals surface area contributed by atoms with E-state index < -0.39 is 5.60 Å². The predicted molar refractivity (Wildman–Crippen MR) is 86.9 cm³/mol. The number of hydrogen-bond donors (Lipinski definition) is 1. The van der Waals surface area contributed by atoms with Crippen molar-refractivity contribution in [1.82, 2.24) is 10.2 Å². The summed E-state index contributed by atoms with van der Waals surface area (Å²) in [6, 6.07) is 0.748. The summed E-state index contributed by atoms with van der Waals surface area (Å²) in [7, 11) is 1.72. The number of nitrogens with zero attached hydrogens (tertiary/aromatic N) is 1. The molecule has 1 aliphatic heterocycles. The molecule has 0 bridgehead atoms. The van der Waals surface area contributed by atoms with Gasteiger partial charge in [0.05, 0.1) is 18.7 Å². The van der Waals surface area contributed by atoms with Crippen LogP contribution in [0.4, 0.5) is 4.79 Å². The number of nitrogens with one attached hydrogen (secondary N) is 1. The van der Waals surface area contributed by atoms with Gasteiger partial charge in [0.1, 0.15) is 5.60 Å². The molecule has 22 heavy (non-hydrogen) atoms. The van der Waals surface area contributed by atoms with Crippen LogP contribution in [0.3, 0.4) is 0 Å². The van der Waals surface area contributed by atoms with Gasteiger partial charge in [0.15, 0.2) is 0 Å². The Morgan fingerprint density at radius 1 is 1.23 bits per heavy atom. The van der Waals surface area contributed by atoms with Crippen LogP contribution in [0.15, 0.2) is 0 Å². The van der Waals surface area contributed by atoms with Gasteiger partial charge in [0.25, 0.3) is 0 Å². The van der Waals surface area contributed by atoms with Crippen LogP contribution in [0.2, 0.25) is 0 Å². The van der Waals surface area contributed by atoms with Gasteiger partial charge in [-0.3, -0.25) is 0 Å². The number of rotatable bonds is 3. The quantitative estimate of drug-likeness (QED) is 0.870. The van der Waals surface area contributed by atoms with Gasteiger partial charge in [-0.05, 0) is 39.5 Å². The molecule has 3 unspecified atom stereocenters. The Bertz CT molecular complexity index is 381. The summed E-state index contributed by atoms with van der Waals surface area (Å²) in [6.45, 7) is 9.28. The maximum atomic E-state index is 12.2. The minimum absolute atomic E-state index is 0.0461. The summed E-state index contributed by atoms with van der Waals surface area (Å²) in [6.07, 6.45) is 4.88. The minimum Gasteiger partial charge on any atom is -0.444 e. The zero-order valence-electron chi connectivity index (χ0n) is 14.7. The van der Waals surface area contributed by atoms with Crippen molar-refractivity contribution in [3.05, 3.63) is 0 Å². The highest BCUT2D eigenvalue weighted by atomic mass is 16.6. The molecule has 1 saturated heterocycles. The summed E-state index contributed by atoms with van der Waals surface area (Å²) in [5, 5.41) is 3.72. The normalized spacial score (nSPS) is 33.0. The molecule has 0 aromatic rings. The van der Waals surface area contributed by atoms with E-state index in [2.05, 4.69) is 12.2 Å². The molecule has 1 N–H and O–H groups in total. The first kappa shape index (κ1) is 17.5. The molecule has 2 rings (SSSR count). The number of likely N-dealkylation sites (tertiary alicyclic amines) is 1. The summed E-state index contributed by atoms with van der Waals surface area (Å²) in [5.41, 5.74) is -0.454. The van der Waals surface area contributed by atoms with Gasteiger partial charge < -0.3 is 19.7 Å². The van der Waals surface area contributed by atoms with Gasteiger partial charge in [-0.15, -0.1) is 0 Å². The molecule has 2 fully saturated rings. The number of carbonyl (C=O) groups is 1. The standard InChI is InChI=1S/C17H32N2O3/c1-12-7-6-8-13(9-12)18-14-10-19(11-15(14)21-5)16(20)22-17(2,3)4/h12-15,18H,6-11H2,1-5H3/t12?,13?,14?,15-/m0/s1. The molecule has 5 nitrogen and oxygen atoms in total. The van der Waals surface area contributed by atoms with Crippen molar-refractivity contribution in [3.63, 3.8) is 0 Å². The average molecular weight is 312 g/mol. The third-order valence-electron chi connectivity index (χ3n) is 4.61. The van der Waals surface area contributed by atoms with Crippen molar-refractivity contribution in [2.45, 2.75) is 77.2 Å². The molecule has 0 aromatic carbocycles. The zero-order valence-corrected chi connectivity index (χ0v) is 14.7. The second-order valence-electron chi connectivity index (χ2n) is 7.90. The van der Waals surface area contributed by atoms with Gasteiger partial charge in [-0.25, -0.2) is 4.79 Å². The van der Waals surface area contributed by atoms with Gasteiger partial charge in [0, 0.05) is 19.7 Å². The maximum Gasteiger partial charge on any atom is 0.410 e. The summed E-state index contributed by atoms with van der Waals surface area (Å²) in [5.74, 6) is 0.788. The zero-order chi connectivity index (χ0) is 16.3. The van der Waals surface area contributed by atoms with Crippen LogP contribution in [-0.2, 0) is 9.47 Å². The molecule has 5 heteroatoms. The van der Waals surface area contributed by atoms with Crippen LogP contribution < -0.4 is 5.32 Å². The van der Waals surface area contributed by atoms with Crippen molar-refractivity contribution in [3.8, 4) is 0 Å². The lowest BCUT2D eigenvalue weighted by atomic mass is 9.86. The second kappa shape index (κ2) is 7.18. The maximum absolute atomic E-state index is 12.2. The lowest BCUT2D eigenvalue weighted by Crippen LogP contribution is -2.47. The first-order valence-corrected chi connectivity index (χ1v) is 8.55. The first-order valence-electron chi connectivity index (χ1n) is 8.55. The molecule has 1 aliphatic carbocycles. The number of ether oxygens (including phenoxy) is 2. The molecular formula is C17H32N2O3. The van der Waals surface area contributed by atoms with Gasteiger partial charge in [-0.2, -0.15) is 0 Å². The molecule has 1 amide bonds. The number of amides is 1. The molecule has 0 radical (unpaired) electrons. The van der Waals surface area contributed by atoms with E-state index in [0.717, 1.165) is 5.92 Å². The summed E-state index contributed by atoms with van der Waals surface area (Å²) in [4.78, 5) is 14.0. The Morgan fingerprint density at radius 3 is 2.55 bits per heavy atom. The van der Waals surface area contributed by atoms with Gasteiger partial charge in [-0.1, -0.05) is 19.8 Å². The number of methoxy groups -OCH3 is 1. The fourth-order valence-electron chi connectivity index (χ4n) is 3.54. The monoisotopic (exact) mass is 312 g/mol. The Hall–Kier alpha value is -0.810. The highest BCUT2D eigenvalue weighted by Crippen LogP contribution is 2.25. The van der Waals surface area contributed by atoms with Gasteiger partial charge in [0.2, 0.25) is 0 Å². The Morgan fingerprint density at radius 2 is 1.95 bits per heavy atom. The Kier molecular flexibility index (Phi) is 5.72. The van der Waals surface area contributed by atoms with E-state index in [1.807, 2.05) is 20.8 Å². The largest absolute Gasteiger partial charge is 0.444 e. The van der Waals surface area contributed by atoms with Crippen molar-refractivity contribution in [2.75, 3.05) is 20.2 Å². The van der Waals surface area contributed by atoms with Crippen LogP contribution in [0.1, 0.15) is 53.4 Å². The molecule has 4 atom stereocenters. The minimum atomic E-state index is -0.454. The fourth-order valence-corrected chi connectivity index (χ4v) is 3.54. The van der Waals surface area contributed by atoms with Crippen molar-refractivity contribution in [1.29, 1.82) is 0 Å². The van der Waals surface area contributed by atoms with E-state index in [1.54, 1.807) is 12.0 Å². The first-order chi connectivity index (χ1) is 10.3. The molecule has 2 aliphatic rings. The lowest BCUT2D eigenvalue weighted by molar-refractivity contribution is 0.0252. The van der Waals surface area contributed by atoms with E-state index in [4.69, 9.17) is 9.47 Å². The smallest absolute Gasteiger partial charge is 0.410 e. The lowest BCUT2D eigenvalue weighted by Gasteiger charge is -2.31. The highest BCUT2D eigenvalue weighted by Gasteiger charge is 2.38. The van der Waals surface area contributed by atoms with Crippen molar-refractivity contribution >= 4 is 6.09 Å². The van der Waals surface area contributed by atoms with E-state index in [-0.39, 0.29) is 18.2 Å². The van der Waals surface area contributed by atoms with E-state index in [0.29, 0.717) is 19.1 Å². The Labute approximate surface area is 134 Å². The Balaban J connectivity index is 1.90. The molecule has 1 saturated carbocycles. The average Bonchev–Trinajstić information content (AvgIpc) is 2.80. The third kappa shape index (κ3) is 4.85. The van der Waals surface area contributed by atoms with Crippen LogP contribution in [0.5, 0.6) is 0 Å². The van der Waals surface area contributed by atoms with Crippen LogP contribution >= 0.6 is 0 Å². The van der Waals surface area contributed by atoms with Crippen molar-refractivity contribution in [2.24, 2.45) is 5.92 Å². The van der Waals surface area contributed by atoms with Gasteiger partial charge >= 0.3 is 6.09 Å². The summed E-state index contributed by atoms with van der Waals surface area (Å²) >= 11 is 0.